The fourth-order valence-corrected chi connectivity index (χ4v) is 5.94. The number of carbonyl (C=O) groups excluding carboxylic acids is 2. The van der Waals surface area contributed by atoms with E-state index in [1.807, 2.05) is 4.90 Å². The molecule has 2 aromatic rings. The molecule has 0 aliphatic carbocycles. The number of unbranched alkanes of at least 4 members (excludes halogenated alkanes) is 1. The van der Waals surface area contributed by atoms with Crippen molar-refractivity contribution >= 4 is 39.4 Å². The number of fused-ring (bicyclic) bond motifs is 2. The maximum Gasteiger partial charge on any atom is 0.326 e. The van der Waals surface area contributed by atoms with Gasteiger partial charge in [0.05, 0.1) is 4.70 Å². The summed E-state index contributed by atoms with van der Waals surface area (Å²) in [5.41, 5.74) is 0. The Morgan fingerprint density at radius 1 is 0.968 bits per heavy atom. The molecule has 3 aliphatic heterocycles. The third-order valence-electron chi connectivity index (χ3n) is 6.95. The number of rotatable bonds is 6. The van der Waals surface area contributed by atoms with Crippen LogP contribution in [0.15, 0.2) is 24.3 Å². The van der Waals surface area contributed by atoms with Gasteiger partial charge in [-0.2, -0.15) is 4.37 Å². The second kappa shape index (κ2) is 9.12. The lowest BCUT2D eigenvalue weighted by atomic mass is 9.97. The van der Waals surface area contributed by atoms with Gasteiger partial charge < -0.3 is 9.80 Å². The highest BCUT2D eigenvalue weighted by atomic mass is 32.1. The van der Waals surface area contributed by atoms with Crippen LogP contribution in [0, 0.1) is 0 Å². The third-order valence-corrected chi connectivity index (χ3v) is 7.77. The fraction of sp³-hybridized carbons (Fsp3) is 0.609. The average Bonchev–Trinajstić information content (AvgIpc) is 3.23. The van der Waals surface area contributed by atoms with Gasteiger partial charge in [-0.15, -0.1) is 0 Å². The summed E-state index contributed by atoms with van der Waals surface area (Å²) >= 11 is 1.58. The molecule has 0 saturated carbocycles. The highest BCUT2D eigenvalue weighted by molar-refractivity contribution is 7.13. The van der Waals surface area contributed by atoms with Crippen molar-refractivity contribution in [1.29, 1.82) is 0 Å². The summed E-state index contributed by atoms with van der Waals surface area (Å²) < 4.78 is 5.94. The molecule has 4 heterocycles. The van der Waals surface area contributed by atoms with Crippen molar-refractivity contribution in [2.75, 3.05) is 50.7 Å². The number of urea groups is 1. The van der Waals surface area contributed by atoms with Gasteiger partial charge in [-0.05, 0) is 62.3 Å². The first-order valence-corrected chi connectivity index (χ1v) is 12.4. The molecule has 5 rings (SSSR count). The number of benzene rings is 1. The minimum Gasteiger partial charge on any atom is -0.353 e. The zero-order valence-corrected chi connectivity index (χ0v) is 18.9. The molecule has 3 amide bonds. The zero-order valence-electron chi connectivity index (χ0n) is 18.0. The van der Waals surface area contributed by atoms with Crippen molar-refractivity contribution in [2.45, 2.75) is 44.6 Å². The van der Waals surface area contributed by atoms with Crippen LogP contribution in [0.5, 0.6) is 0 Å². The topological polar surface area (TPSA) is 60.0 Å². The van der Waals surface area contributed by atoms with Gasteiger partial charge in [0, 0.05) is 57.1 Å². The smallest absolute Gasteiger partial charge is 0.326 e. The van der Waals surface area contributed by atoms with Gasteiger partial charge in [0.2, 0.25) is 5.91 Å². The highest BCUT2D eigenvalue weighted by Gasteiger charge is 2.39. The maximum absolute atomic E-state index is 12.7. The molecule has 166 valence electrons. The van der Waals surface area contributed by atoms with Gasteiger partial charge >= 0.3 is 6.03 Å². The summed E-state index contributed by atoms with van der Waals surface area (Å²) in [5.74, 6) is 1.15. The van der Waals surface area contributed by atoms with Gasteiger partial charge in [0.1, 0.15) is 5.82 Å². The van der Waals surface area contributed by atoms with E-state index < -0.39 is 0 Å². The van der Waals surface area contributed by atoms with E-state index in [0.717, 1.165) is 77.2 Å². The average molecular weight is 442 g/mol. The number of imide groups is 1. The third kappa shape index (κ3) is 4.28. The van der Waals surface area contributed by atoms with Crippen LogP contribution in [0.1, 0.15) is 38.5 Å². The Morgan fingerprint density at radius 3 is 2.65 bits per heavy atom. The molecule has 0 spiro atoms. The molecule has 31 heavy (non-hydrogen) atoms. The second-order valence-corrected chi connectivity index (χ2v) is 9.72. The molecule has 1 aromatic carbocycles. The Hall–Kier alpha value is -2.19. The van der Waals surface area contributed by atoms with Crippen LogP contribution in [0.2, 0.25) is 0 Å². The Labute approximate surface area is 187 Å². The lowest BCUT2D eigenvalue weighted by molar-refractivity contribution is -0.133. The van der Waals surface area contributed by atoms with Crippen molar-refractivity contribution in [1.82, 2.24) is 19.1 Å². The van der Waals surface area contributed by atoms with Crippen LogP contribution in [0.3, 0.4) is 0 Å². The molecule has 0 radical (unpaired) electrons. The minimum atomic E-state index is -0.0509. The molecule has 1 aromatic heterocycles. The Morgan fingerprint density at radius 2 is 1.77 bits per heavy atom. The predicted octanol–water partition coefficient (Wildman–Crippen LogP) is 3.41. The van der Waals surface area contributed by atoms with Gasteiger partial charge in [0.25, 0.3) is 0 Å². The molecule has 8 heteroatoms. The molecule has 1 unspecified atom stereocenters. The molecular formula is C23H31N5O2S. The van der Waals surface area contributed by atoms with E-state index in [9.17, 15) is 9.59 Å². The van der Waals surface area contributed by atoms with E-state index in [0.29, 0.717) is 13.0 Å². The highest BCUT2D eigenvalue weighted by Crippen LogP contribution is 2.30. The van der Waals surface area contributed by atoms with E-state index >= 15 is 0 Å². The number of hydrogen-bond acceptors (Lipinski definition) is 6. The van der Waals surface area contributed by atoms with Crippen molar-refractivity contribution < 1.29 is 9.59 Å². The normalized spacial score (nSPS) is 23.0. The quantitative estimate of drug-likeness (QED) is 0.643. The monoisotopic (exact) mass is 441 g/mol. The van der Waals surface area contributed by atoms with Crippen molar-refractivity contribution in [3.05, 3.63) is 24.3 Å². The molecular weight excluding hydrogens is 410 g/mol. The Bertz CT molecular complexity index is 939. The van der Waals surface area contributed by atoms with Crippen LogP contribution in [-0.4, -0.2) is 82.9 Å². The Balaban J connectivity index is 1.06. The predicted molar refractivity (Wildman–Crippen MR) is 124 cm³/mol. The van der Waals surface area contributed by atoms with Crippen LogP contribution >= 0.6 is 11.5 Å². The van der Waals surface area contributed by atoms with Gasteiger partial charge in [-0.1, -0.05) is 12.1 Å². The van der Waals surface area contributed by atoms with E-state index in [1.54, 1.807) is 11.5 Å². The summed E-state index contributed by atoms with van der Waals surface area (Å²) in [4.78, 5) is 33.5. The van der Waals surface area contributed by atoms with E-state index in [1.165, 1.54) is 15.0 Å². The molecule has 7 nitrogen and oxygen atoms in total. The van der Waals surface area contributed by atoms with E-state index in [2.05, 4.69) is 38.4 Å². The number of piperidine rings is 1. The molecule has 0 N–H and O–H groups in total. The summed E-state index contributed by atoms with van der Waals surface area (Å²) in [5, 5.41) is 1.26. The lowest BCUT2D eigenvalue weighted by Crippen LogP contribution is -2.58. The molecule has 3 saturated heterocycles. The van der Waals surface area contributed by atoms with Crippen LogP contribution in [-0.2, 0) is 4.79 Å². The van der Waals surface area contributed by atoms with Crippen molar-refractivity contribution in [3.63, 3.8) is 0 Å². The first kappa shape index (κ1) is 20.7. The van der Waals surface area contributed by atoms with E-state index in [4.69, 9.17) is 0 Å². The number of piperazine rings is 1. The van der Waals surface area contributed by atoms with Crippen LogP contribution in [0.25, 0.3) is 10.1 Å². The van der Waals surface area contributed by atoms with Gasteiger partial charge in [-0.25, -0.2) is 4.79 Å². The SMILES string of the molecule is O=C1CC2CCCCN2C(=O)N1CCCCN1CCN(c2nsc3ccccc23)CC1. The van der Waals surface area contributed by atoms with Crippen molar-refractivity contribution in [3.8, 4) is 0 Å². The number of anilines is 1. The fourth-order valence-electron chi connectivity index (χ4n) is 5.15. The number of carbonyl (C=O) groups is 2. The number of amides is 3. The number of hydrogen-bond donors (Lipinski definition) is 0. The molecule has 3 aliphatic rings. The minimum absolute atomic E-state index is 0.0252. The largest absolute Gasteiger partial charge is 0.353 e. The molecule has 3 fully saturated rings. The van der Waals surface area contributed by atoms with Crippen molar-refractivity contribution in [2.24, 2.45) is 0 Å². The summed E-state index contributed by atoms with van der Waals surface area (Å²) in [7, 11) is 0. The lowest BCUT2D eigenvalue weighted by Gasteiger charge is -2.42. The maximum atomic E-state index is 12.7. The van der Waals surface area contributed by atoms with Crippen LogP contribution in [0.4, 0.5) is 10.6 Å². The van der Waals surface area contributed by atoms with Gasteiger partial charge in [0.15, 0.2) is 0 Å². The molecule has 1 atom stereocenters. The zero-order chi connectivity index (χ0) is 21.2. The van der Waals surface area contributed by atoms with Gasteiger partial charge in [-0.3, -0.25) is 14.6 Å². The summed E-state index contributed by atoms with van der Waals surface area (Å²) in [6, 6.07) is 8.55. The first-order chi connectivity index (χ1) is 15.2. The Kier molecular flexibility index (Phi) is 6.09. The van der Waals surface area contributed by atoms with E-state index in [-0.39, 0.29) is 18.0 Å². The molecule has 0 bridgehead atoms. The second-order valence-electron chi connectivity index (χ2n) is 8.91. The number of aromatic nitrogens is 1. The van der Waals surface area contributed by atoms with Crippen LogP contribution < -0.4 is 4.90 Å². The standard InChI is InChI=1S/C23H31N5O2S/c29-21-17-18-7-3-4-11-27(18)23(30)28(21)12-6-5-10-25-13-15-26(16-14-25)22-19-8-1-2-9-20(19)31-24-22/h1-2,8-9,18H,3-7,10-17H2. The first-order valence-electron chi connectivity index (χ1n) is 11.6. The summed E-state index contributed by atoms with van der Waals surface area (Å²) in [6.45, 7) is 6.44. The summed E-state index contributed by atoms with van der Waals surface area (Å²) in [6.07, 6.45) is 5.58. The number of nitrogens with zero attached hydrogens (tertiary/aromatic N) is 5.